The number of benzene rings is 1. The van der Waals surface area contributed by atoms with Crippen LogP contribution in [0.1, 0.15) is 72.1 Å². The van der Waals surface area contributed by atoms with Crippen LogP contribution in [-0.4, -0.2) is 59.9 Å². The van der Waals surface area contributed by atoms with Crippen LogP contribution in [0, 0.1) is 5.41 Å². The highest BCUT2D eigenvalue weighted by atomic mass is 16.3. The Morgan fingerprint density at radius 3 is 2.56 bits per heavy atom. The molecule has 4 aliphatic rings. The third-order valence-electron chi connectivity index (χ3n) is 9.50. The molecular weight excluding hydrogens is 518 g/mol. The Kier molecular flexibility index (Phi) is 5.28. The summed E-state index contributed by atoms with van der Waals surface area (Å²) < 4.78 is 1.98. The van der Waals surface area contributed by atoms with Crippen LogP contribution in [0.25, 0.3) is 16.8 Å². The van der Waals surface area contributed by atoms with Crippen molar-refractivity contribution in [2.24, 2.45) is 5.41 Å². The Labute approximate surface area is 236 Å². The summed E-state index contributed by atoms with van der Waals surface area (Å²) >= 11 is 0. The van der Waals surface area contributed by atoms with Gasteiger partial charge in [0.25, 0.3) is 5.91 Å². The van der Waals surface area contributed by atoms with Gasteiger partial charge >= 0.3 is 0 Å². The summed E-state index contributed by atoms with van der Waals surface area (Å²) in [6.45, 7) is 0.526. The number of carbonyl (C=O) groups excluding carboxylic acids is 2. The molecule has 0 bridgehead atoms. The number of nitrogen functional groups attached to an aromatic ring is 1. The Morgan fingerprint density at radius 1 is 1.02 bits per heavy atom. The number of pyridine rings is 1. The number of rotatable bonds is 5. The number of carbonyl (C=O) groups is 2. The summed E-state index contributed by atoms with van der Waals surface area (Å²) in [6, 6.07) is 11.1. The SMILES string of the molecule is Nc1nccn2c([C@@H]3CC[C@H]4[C@@H](O)C5(CC5)C(=O)N4C3)nc(-c3ccc(C(=O)Nc4cc(C5CC5)ccn4)cc3)c12. The number of amides is 2. The van der Waals surface area contributed by atoms with Gasteiger partial charge in [-0.25, -0.2) is 15.0 Å². The molecule has 41 heavy (non-hydrogen) atoms. The number of imidazole rings is 1. The summed E-state index contributed by atoms with van der Waals surface area (Å²) in [5.41, 5.74) is 9.76. The minimum absolute atomic E-state index is 0.00306. The number of aliphatic hydroxyl groups is 1. The molecule has 2 saturated carbocycles. The van der Waals surface area contributed by atoms with Crippen molar-refractivity contribution in [1.82, 2.24) is 24.3 Å². The highest BCUT2D eigenvalue weighted by Gasteiger charge is 2.66. The van der Waals surface area contributed by atoms with Gasteiger partial charge in [-0.3, -0.25) is 14.0 Å². The number of hydrogen-bond acceptors (Lipinski definition) is 7. The average molecular weight is 550 g/mol. The van der Waals surface area contributed by atoms with E-state index >= 15 is 0 Å². The molecule has 3 aromatic heterocycles. The summed E-state index contributed by atoms with van der Waals surface area (Å²) in [5.74, 6) is 2.19. The van der Waals surface area contributed by atoms with Crippen molar-refractivity contribution in [3.05, 3.63) is 71.9 Å². The topological polar surface area (TPSA) is 139 Å². The normalized spacial score (nSPS) is 24.6. The maximum Gasteiger partial charge on any atom is 0.256 e. The number of nitrogens with two attached hydrogens (primary N) is 1. The van der Waals surface area contributed by atoms with Crippen LogP contribution < -0.4 is 11.1 Å². The van der Waals surface area contributed by atoms with Crippen LogP contribution in [0.2, 0.25) is 0 Å². The molecule has 1 aromatic carbocycles. The second kappa shape index (κ2) is 8.84. The Morgan fingerprint density at radius 2 is 1.80 bits per heavy atom. The van der Waals surface area contributed by atoms with E-state index in [0.717, 1.165) is 37.1 Å². The molecule has 3 atom stereocenters. The van der Waals surface area contributed by atoms with Crippen molar-refractivity contribution in [3.8, 4) is 11.3 Å². The molecule has 0 unspecified atom stereocenters. The first-order valence-corrected chi connectivity index (χ1v) is 14.4. The standard InChI is InChI=1S/C31H31N7O3/c32-27-25-24(18-3-5-19(6-4-18)29(40)35-23-15-20(9-12-33-23)17-1-2-17)36-28(37(25)14-13-34-27)21-7-8-22-26(39)31(10-11-31)30(41)38(22)16-21/h3-6,9,12-15,17,21-22,26,39H,1-2,7-8,10-11,16H2,(H2,32,34)(H,33,35,40)/t21-,22+,26-/m1/s1. The molecule has 10 heteroatoms. The Bertz CT molecular complexity index is 1710. The largest absolute Gasteiger partial charge is 0.390 e. The summed E-state index contributed by atoms with van der Waals surface area (Å²) in [6.07, 6.45) is 10.2. The van der Waals surface area contributed by atoms with Crippen molar-refractivity contribution in [1.29, 1.82) is 0 Å². The Balaban J connectivity index is 1.07. The number of anilines is 2. The molecule has 4 N–H and O–H groups in total. The smallest absolute Gasteiger partial charge is 0.256 e. The van der Waals surface area contributed by atoms with Gasteiger partial charge in [0.2, 0.25) is 5.91 Å². The lowest BCUT2D eigenvalue weighted by molar-refractivity contribution is -0.134. The highest BCUT2D eigenvalue weighted by Crippen LogP contribution is 2.58. The van der Waals surface area contributed by atoms with Crippen molar-refractivity contribution in [3.63, 3.8) is 0 Å². The number of nitrogens with zero attached hydrogens (tertiary/aromatic N) is 5. The fraction of sp³-hybridized carbons (Fsp3) is 0.387. The average Bonchev–Trinajstić information content (AvgIpc) is 3.93. The van der Waals surface area contributed by atoms with Gasteiger partial charge in [0, 0.05) is 42.2 Å². The first kappa shape index (κ1) is 24.5. The zero-order chi connectivity index (χ0) is 27.9. The van der Waals surface area contributed by atoms with Crippen LogP contribution >= 0.6 is 0 Å². The van der Waals surface area contributed by atoms with Crippen molar-refractivity contribution in [2.45, 2.75) is 62.5 Å². The van der Waals surface area contributed by atoms with Gasteiger partial charge in [-0.2, -0.15) is 0 Å². The van der Waals surface area contributed by atoms with Crippen LogP contribution in [0.15, 0.2) is 55.0 Å². The van der Waals surface area contributed by atoms with E-state index in [4.69, 9.17) is 10.7 Å². The quantitative estimate of drug-likeness (QED) is 0.345. The number of nitrogens with one attached hydrogen (secondary N) is 1. The fourth-order valence-corrected chi connectivity index (χ4v) is 6.92. The van der Waals surface area contributed by atoms with Gasteiger partial charge in [0.1, 0.15) is 28.7 Å². The highest BCUT2D eigenvalue weighted by molar-refractivity contribution is 6.04. The van der Waals surface area contributed by atoms with E-state index in [1.165, 1.54) is 18.4 Å². The van der Waals surface area contributed by atoms with Crippen LogP contribution in [0.3, 0.4) is 0 Å². The van der Waals surface area contributed by atoms with Crippen molar-refractivity contribution < 1.29 is 14.7 Å². The summed E-state index contributed by atoms with van der Waals surface area (Å²) in [4.78, 5) is 41.7. The first-order valence-electron chi connectivity index (χ1n) is 14.4. The van der Waals surface area contributed by atoms with Gasteiger partial charge in [-0.1, -0.05) is 12.1 Å². The second-order valence-electron chi connectivity index (χ2n) is 12.0. The maximum absolute atomic E-state index is 13.2. The number of aliphatic hydroxyl groups excluding tert-OH is 1. The Hall–Kier alpha value is -4.31. The summed E-state index contributed by atoms with van der Waals surface area (Å²) in [5, 5.41) is 13.8. The molecule has 2 amide bonds. The number of piperidine rings is 1. The molecule has 208 valence electrons. The lowest BCUT2D eigenvalue weighted by atomic mass is 9.89. The van der Waals surface area contributed by atoms with E-state index in [-0.39, 0.29) is 23.8 Å². The molecule has 1 spiro atoms. The number of fused-ring (bicyclic) bond motifs is 2. The fourth-order valence-electron chi connectivity index (χ4n) is 6.92. The van der Waals surface area contributed by atoms with Gasteiger partial charge < -0.3 is 21.1 Å². The van der Waals surface area contributed by atoms with E-state index in [1.807, 2.05) is 39.8 Å². The minimum Gasteiger partial charge on any atom is -0.390 e. The molecule has 8 rings (SSSR count). The maximum atomic E-state index is 13.2. The molecule has 2 aliphatic carbocycles. The van der Waals surface area contributed by atoms with Crippen LogP contribution in [0.4, 0.5) is 11.6 Å². The molecule has 4 aromatic rings. The zero-order valence-electron chi connectivity index (χ0n) is 22.5. The minimum atomic E-state index is -0.572. The molecule has 2 aliphatic heterocycles. The number of hydrogen-bond donors (Lipinski definition) is 3. The zero-order valence-corrected chi connectivity index (χ0v) is 22.5. The lowest BCUT2D eigenvalue weighted by Crippen LogP contribution is -2.44. The van der Waals surface area contributed by atoms with Gasteiger partial charge in [0.15, 0.2) is 0 Å². The first-order chi connectivity index (χ1) is 19.9. The van der Waals surface area contributed by atoms with E-state index in [9.17, 15) is 14.7 Å². The van der Waals surface area contributed by atoms with Crippen LogP contribution in [-0.2, 0) is 4.79 Å². The molecule has 5 heterocycles. The molecule has 2 saturated heterocycles. The molecule has 10 nitrogen and oxygen atoms in total. The molecule has 0 radical (unpaired) electrons. The van der Waals surface area contributed by atoms with Crippen LogP contribution in [0.5, 0.6) is 0 Å². The van der Waals surface area contributed by atoms with Crippen molar-refractivity contribution >= 4 is 29.0 Å². The molecule has 4 fully saturated rings. The molecular formula is C31H31N7O3. The van der Waals surface area contributed by atoms with Gasteiger partial charge in [0.05, 0.1) is 17.6 Å². The predicted molar refractivity (Wildman–Crippen MR) is 152 cm³/mol. The predicted octanol–water partition coefficient (Wildman–Crippen LogP) is 3.73. The van der Waals surface area contributed by atoms with E-state index in [2.05, 4.69) is 15.3 Å². The lowest BCUT2D eigenvalue weighted by Gasteiger charge is -2.35. The van der Waals surface area contributed by atoms with Crippen molar-refractivity contribution in [2.75, 3.05) is 17.6 Å². The van der Waals surface area contributed by atoms with E-state index in [0.29, 0.717) is 40.9 Å². The summed E-state index contributed by atoms with van der Waals surface area (Å²) in [7, 11) is 0. The second-order valence-corrected chi connectivity index (χ2v) is 12.0. The third-order valence-corrected chi connectivity index (χ3v) is 9.50. The van der Waals surface area contributed by atoms with E-state index in [1.54, 1.807) is 24.5 Å². The monoisotopic (exact) mass is 549 g/mol. The van der Waals surface area contributed by atoms with E-state index < -0.39 is 11.5 Å². The van der Waals surface area contributed by atoms with Gasteiger partial charge in [-0.15, -0.1) is 0 Å². The number of aromatic nitrogens is 4. The third kappa shape index (κ3) is 3.84. The van der Waals surface area contributed by atoms with Gasteiger partial charge in [-0.05, 0) is 74.3 Å².